The highest BCUT2D eigenvalue weighted by molar-refractivity contribution is 6.22. The lowest BCUT2D eigenvalue weighted by Crippen LogP contribution is -2.44. The molecule has 0 saturated heterocycles. The number of rotatable bonds is 3. The monoisotopic (exact) mass is 195 g/mol. The van der Waals surface area contributed by atoms with Gasteiger partial charge in [-0.1, -0.05) is 0 Å². The second-order valence-electron chi connectivity index (χ2n) is 3.88. The number of β-amino-alcohol motifs (C(OH)–C–C–N with tert-alkyl or cyclic N) is 1. The van der Waals surface area contributed by atoms with Gasteiger partial charge in [-0.3, -0.25) is 4.79 Å². The smallest absolute Gasteiger partial charge is 0.226 e. The Kier molecular flexibility index (Phi) is 3.34. The summed E-state index contributed by atoms with van der Waals surface area (Å²) < 4.78 is 0. The quantitative estimate of drug-likeness (QED) is 0.589. The van der Waals surface area contributed by atoms with Crippen molar-refractivity contribution in [2.75, 3.05) is 13.2 Å². The van der Waals surface area contributed by atoms with Crippen LogP contribution in [-0.4, -0.2) is 47.6 Å². The first-order chi connectivity index (χ1) is 6.44. The van der Waals surface area contributed by atoms with E-state index in [0.717, 1.165) is 0 Å². The molecule has 1 rings (SSSR count). The lowest BCUT2D eigenvalue weighted by Gasteiger charge is -2.30. The van der Waals surface area contributed by atoms with Gasteiger partial charge in [-0.15, -0.1) is 5.47 Å². The van der Waals surface area contributed by atoms with Crippen LogP contribution in [0, 0.1) is 0 Å². The largest absolute Gasteiger partial charge is 0.393 e. The highest BCUT2D eigenvalue weighted by Gasteiger charge is 2.26. The molecule has 0 aliphatic carbocycles. The van der Waals surface area contributed by atoms with E-state index in [9.17, 15) is 9.90 Å². The highest BCUT2D eigenvalue weighted by Crippen LogP contribution is 2.16. The van der Waals surface area contributed by atoms with Crippen LogP contribution in [0.2, 0.25) is 0 Å². The van der Waals surface area contributed by atoms with Gasteiger partial charge >= 0.3 is 0 Å². The molecule has 0 spiro atoms. The van der Waals surface area contributed by atoms with Gasteiger partial charge in [0.05, 0.1) is 13.2 Å². The van der Waals surface area contributed by atoms with E-state index in [1.54, 1.807) is 0 Å². The summed E-state index contributed by atoms with van der Waals surface area (Å²) in [6.07, 6.45) is 2.45. The van der Waals surface area contributed by atoms with Gasteiger partial charge in [0.25, 0.3) is 0 Å². The van der Waals surface area contributed by atoms with Gasteiger partial charge in [0.1, 0.15) is 13.4 Å². The van der Waals surface area contributed by atoms with Crippen LogP contribution in [0.1, 0.15) is 19.8 Å². The fraction of sp³-hybridized carbons (Fsp3) is 0.667. The number of hydrogen-bond acceptors (Lipinski definition) is 3. The first-order valence-electron chi connectivity index (χ1n) is 4.53. The molecule has 1 aliphatic rings. The number of hydrogen-bond donors (Lipinski definition) is 2. The van der Waals surface area contributed by atoms with Gasteiger partial charge in [-0.05, 0) is 19.5 Å². The third-order valence-corrected chi connectivity index (χ3v) is 2.12. The second kappa shape index (κ2) is 4.15. The summed E-state index contributed by atoms with van der Waals surface area (Å²) >= 11 is 0. The molecule has 4 nitrogen and oxygen atoms in total. The van der Waals surface area contributed by atoms with Gasteiger partial charge in [-0.2, -0.15) is 0 Å². The van der Waals surface area contributed by atoms with Gasteiger partial charge < -0.3 is 15.1 Å². The molecule has 1 unspecified atom stereocenters. The Bertz CT molecular complexity index is 263. The molecule has 14 heavy (non-hydrogen) atoms. The summed E-state index contributed by atoms with van der Waals surface area (Å²) in [5.74, 6) is -0.0760. The summed E-state index contributed by atoms with van der Waals surface area (Å²) in [5, 5.41) is 18.4. The summed E-state index contributed by atoms with van der Waals surface area (Å²) in [6, 6.07) is 0. The normalized spacial score (nSPS) is 21.8. The molecule has 5 heteroatoms. The van der Waals surface area contributed by atoms with E-state index in [2.05, 4.69) is 0 Å². The van der Waals surface area contributed by atoms with Crippen molar-refractivity contribution in [2.24, 2.45) is 0 Å². The summed E-state index contributed by atoms with van der Waals surface area (Å²) in [7, 11) is 5.57. The van der Waals surface area contributed by atoms with Gasteiger partial charge in [0, 0.05) is 6.42 Å². The Morgan fingerprint density at radius 3 is 2.86 bits per heavy atom. The molecule has 1 atom stereocenters. The first kappa shape index (κ1) is 11.3. The van der Waals surface area contributed by atoms with Crippen LogP contribution in [0.15, 0.2) is 11.7 Å². The van der Waals surface area contributed by atoms with Crippen molar-refractivity contribution in [3.63, 3.8) is 0 Å². The topological polar surface area (TPSA) is 60.8 Å². The van der Waals surface area contributed by atoms with Crippen molar-refractivity contribution in [2.45, 2.75) is 25.4 Å². The zero-order chi connectivity index (χ0) is 10.8. The second-order valence-corrected chi connectivity index (χ2v) is 3.88. The molecular formula is C9H14BNO3. The lowest BCUT2D eigenvalue weighted by atomic mass is 9.89. The van der Waals surface area contributed by atoms with E-state index in [4.69, 9.17) is 13.0 Å². The summed E-state index contributed by atoms with van der Waals surface area (Å²) in [6.45, 7) is 1.16. The number of nitrogens with zero attached hydrogens (tertiary/aromatic N) is 1. The van der Waals surface area contributed by atoms with E-state index in [-0.39, 0.29) is 19.1 Å². The standard InChI is InChI=1S/C9H14BNO3/c1-9(14,6-12)5-11-4-7(10)2-3-8(11)13/h4,12,14H,2-3,5-6H2,1H3. The molecule has 2 radical (unpaired) electrons. The van der Waals surface area contributed by atoms with Crippen molar-refractivity contribution in [3.05, 3.63) is 11.7 Å². The molecule has 1 aliphatic heterocycles. The Labute approximate surface area is 84.6 Å². The van der Waals surface area contributed by atoms with Crippen LogP contribution in [0.3, 0.4) is 0 Å². The maximum absolute atomic E-state index is 11.4. The zero-order valence-electron chi connectivity index (χ0n) is 8.23. The van der Waals surface area contributed by atoms with Crippen LogP contribution in [-0.2, 0) is 4.79 Å². The molecule has 2 N–H and O–H groups in total. The maximum atomic E-state index is 11.4. The number of amides is 1. The van der Waals surface area contributed by atoms with Gasteiger partial charge in [0.2, 0.25) is 5.91 Å². The van der Waals surface area contributed by atoms with Crippen molar-refractivity contribution >= 4 is 13.8 Å². The minimum absolute atomic E-state index is 0.0725. The molecule has 0 aromatic heterocycles. The number of carbonyl (C=O) groups excluding carboxylic acids is 1. The third kappa shape index (κ3) is 2.85. The van der Waals surface area contributed by atoms with Crippen molar-refractivity contribution in [3.8, 4) is 0 Å². The average Bonchev–Trinajstić information content (AvgIpc) is 2.11. The van der Waals surface area contributed by atoms with Crippen LogP contribution >= 0.6 is 0 Å². The summed E-state index contributed by atoms with van der Waals surface area (Å²) in [4.78, 5) is 12.7. The van der Waals surface area contributed by atoms with Crippen molar-refractivity contribution < 1.29 is 15.0 Å². The van der Waals surface area contributed by atoms with Gasteiger partial charge in [0.15, 0.2) is 0 Å². The van der Waals surface area contributed by atoms with Crippen LogP contribution in [0.25, 0.3) is 0 Å². The average molecular weight is 195 g/mol. The molecule has 76 valence electrons. The molecule has 1 amide bonds. The van der Waals surface area contributed by atoms with Crippen LogP contribution < -0.4 is 0 Å². The Morgan fingerprint density at radius 1 is 1.64 bits per heavy atom. The number of aliphatic hydroxyl groups excluding tert-OH is 1. The predicted octanol–water partition coefficient (Wildman–Crippen LogP) is -0.638. The Morgan fingerprint density at radius 2 is 2.29 bits per heavy atom. The lowest BCUT2D eigenvalue weighted by molar-refractivity contribution is -0.132. The van der Waals surface area contributed by atoms with Crippen molar-refractivity contribution in [1.82, 2.24) is 4.90 Å². The number of carbonyl (C=O) groups is 1. The van der Waals surface area contributed by atoms with Crippen LogP contribution in [0.5, 0.6) is 0 Å². The SMILES string of the molecule is [B]C1=CN(CC(C)(O)CO)C(=O)CC1. The molecule has 0 aromatic rings. The first-order valence-corrected chi connectivity index (χ1v) is 4.53. The molecule has 0 fully saturated rings. The molecular weight excluding hydrogens is 181 g/mol. The van der Waals surface area contributed by atoms with E-state index in [0.29, 0.717) is 18.3 Å². The maximum Gasteiger partial charge on any atom is 0.226 e. The fourth-order valence-electron chi connectivity index (χ4n) is 1.28. The zero-order valence-corrected chi connectivity index (χ0v) is 8.23. The molecule has 0 saturated carbocycles. The molecule has 0 bridgehead atoms. The molecule has 0 aromatic carbocycles. The number of aliphatic hydroxyl groups is 2. The van der Waals surface area contributed by atoms with E-state index >= 15 is 0 Å². The highest BCUT2D eigenvalue weighted by atomic mass is 16.3. The fourth-order valence-corrected chi connectivity index (χ4v) is 1.28. The van der Waals surface area contributed by atoms with Crippen molar-refractivity contribution in [1.29, 1.82) is 0 Å². The van der Waals surface area contributed by atoms with Gasteiger partial charge in [-0.25, -0.2) is 0 Å². The van der Waals surface area contributed by atoms with E-state index < -0.39 is 5.60 Å². The van der Waals surface area contributed by atoms with Crippen LogP contribution in [0.4, 0.5) is 0 Å². The Balaban J connectivity index is 2.67. The molecule has 1 heterocycles. The summed E-state index contributed by atoms with van der Waals surface area (Å²) in [5.41, 5.74) is -0.651. The minimum atomic E-state index is -1.27. The third-order valence-electron chi connectivity index (χ3n) is 2.12. The predicted molar refractivity (Wildman–Crippen MR) is 52.5 cm³/mol. The van der Waals surface area contributed by atoms with E-state index in [1.807, 2.05) is 0 Å². The van der Waals surface area contributed by atoms with E-state index in [1.165, 1.54) is 18.0 Å². The number of allylic oxidation sites excluding steroid dienone is 1. The Hall–Kier alpha value is -0.805. The minimum Gasteiger partial charge on any atom is -0.393 e.